The molecule has 0 aliphatic carbocycles. The Kier molecular flexibility index (Phi) is 4.89. The summed E-state index contributed by atoms with van der Waals surface area (Å²) in [5, 5.41) is 10.2. The standard InChI is InChI=1S/C17H15F3N4O3/c1-26-12-5-3-10(7-13(12)27-2)16(25)21-8-15-23-22-14-6-4-11(9-24(14)15)17(18,19)20/h3-7,9H,8H2,1-2H3,(H,21,25). The molecule has 0 bridgehead atoms. The van der Waals surface area contributed by atoms with Crippen LogP contribution in [0.2, 0.25) is 0 Å². The molecule has 2 heterocycles. The van der Waals surface area contributed by atoms with Crippen LogP contribution in [0.25, 0.3) is 5.65 Å². The number of nitrogens with zero attached hydrogens (tertiary/aromatic N) is 3. The number of nitrogens with one attached hydrogen (secondary N) is 1. The van der Waals surface area contributed by atoms with E-state index in [0.717, 1.165) is 12.3 Å². The van der Waals surface area contributed by atoms with Gasteiger partial charge in [-0.1, -0.05) is 0 Å². The van der Waals surface area contributed by atoms with Gasteiger partial charge in [-0.05, 0) is 30.3 Å². The molecule has 1 aromatic carbocycles. The van der Waals surface area contributed by atoms with Crippen molar-refractivity contribution < 1.29 is 27.4 Å². The Morgan fingerprint density at radius 2 is 1.85 bits per heavy atom. The highest BCUT2D eigenvalue weighted by Gasteiger charge is 2.31. The van der Waals surface area contributed by atoms with Crippen LogP contribution in [0, 0.1) is 0 Å². The average molecular weight is 380 g/mol. The van der Waals surface area contributed by atoms with E-state index in [1.807, 2.05) is 0 Å². The van der Waals surface area contributed by atoms with Crippen molar-refractivity contribution in [2.75, 3.05) is 14.2 Å². The lowest BCUT2D eigenvalue weighted by Gasteiger charge is -2.10. The first-order valence-electron chi connectivity index (χ1n) is 7.74. The van der Waals surface area contributed by atoms with E-state index in [1.165, 1.54) is 30.8 Å². The largest absolute Gasteiger partial charge is 0.493 e. The van der Waals surface area contributed by atoms with Crippen LogP contribution in [-0.2, 0) is 12.7 Å². The number of alkyl halides is 3. The van der Waals surface area contributed by atoms with E-state index in [4.69, 9.17) is 9.47 Å². The van der Waals surface area contributed by atoms with E-state index < -0.39 is 17.6 Å². The summed E-state index contributed by atoms with van der Waals surface area (Å²) in [7, 11) is 2.92. The molecular formula is C17H15F3N4O3. The lowest BCUT2D eigenvalue weighted by molar-refractivity contribution is -0.137. The van der Waals surface area contributed by atoms with Crippen LogP contribution >= 0.6 is 0 Å². The maximum Gasteiger partial charge on any atom is 0.417 e. The van der Waals surface area contributed by atoms with Gasteiger partial charge in [0.25, 0.3) is 5.91 Å². The Morgan fingerprint density at radius 1 is 1.11 bits per heavy atom. The van der Waals surface area contributed by atoms with Crippen molar-refractivity contribution in [3.8, 4) is 11.5 Å². The first-order chi connectivity index (χ1) is 12.8. The summed E-state index contributed by atoms with van der Waals surface area (Å²) in [5.41, 5.74) is -0.280. The predicted molar refractivity (Wildman–Crippen MR) is 88.7 cm³/mol. The molecule has 2 aromatic heterocycles. The van der Waals surface area contributed by atoms with Crippen molar-refractivity contribution in [3.05, 3.63) is 53.5 Å². The zero-order valence-corrected chi connectivity index (χ0v) is 14.4. The smallest absolute Gasteiger partial charge is 0.417 e. The van der Waals surface area contributed by atoms with Crippen LogP contribution in [0.1, 0.15) is 21.7 Å². The molecule has 0 spiro atoms. The third-order valence-electron chi connectivity index (χ3n) is 3.85. The first kappa shape index (κ1) is 18.5. The Morgan fingerprint density at radius 3 is 2.52 bits per heavy atom. The van der Waals surface area contributed by atoms with Crippen molar-refractivity contribution in [2.24, 2.45) is 0 Å². The second-order valence-corrected chi connectivity index (χ2v) is 5.51. The predicted octanol–water partition coefficient (Wildman–Crippen LogP) is 2.70. The van der Waals surface area contributed by atoms with Crippen molar-refractivity contribution in [2.45, 2.75) is 12.7 Å². The normalized spacial score (nSPS) is 11.4. The van der Waals surface area contributed by atoms with Gasteiger partial charge in [-0.15, -0.1) is 10.2 Å². The SMILES string of the molecule is COc1ccc(C(=O)NCc2nnc3ccc(C(F)(F)F)cn23)cc1OC. The summed E-state index contributed by atoms with van der Waals surface area (Å²) >= 11 is 0. The molecule has 1 amide bonds. The average Bonchev–Trinajstić information content (AvgIpc) is 3.07. The highest BCUT2D eigenvalue weighted by Crippen LogP contribution is 2.29. The van der Waals surface area contributed by atoms with E-state index in [-0.39, 0.29) is 18.0 Å². The lowest BCUT2D eigenvalue weighted by Crippen LogP contribution is -2.24. The van der Waals surface area contributed by atoms with Gasteiger partial charge >= 0.3 is 6.18 Å². The Bertz CT molecular complexity index is 985. The maximum atomic E-state index is 12.9. The van der Waals surface area contributed by atoms with E-state index in [9.17, 15) is 18.0 Å². The van der Waals surface area contributed by atoms with E-state index in [0.29, 0.717) is 17.1 Å². The van der Waals surface area contributed by atoms with Gasteiger partial charge in [0.2, 0.25) is 0 Å². The number of amides is 1. The summed E-state index contributed by atoms with van der Waals surface area (Å²) in [4.78, 5) is 12.3. The fourth-order valence-corrected chi connectivity index (χ4v) is 2.47. The van der Waals surface area contributed by atoms with Crippen LogP contribution in [-0.4, -0.2) is 34.7 Å². The molecular weight excluding hydrogens is 365 g/mol. The van der Waals surface area contributed by atoms with Crippen LogP contribution in [0.3, 0.4) is 0 Å². The Hall–Kier alpha value is -3.30. The first-order valence-corrected chi connectivity index (χ1v) is 7.74. The molecule has 3 aromatic rings. The van der Waals surface area contributed by atoms with E-state index >= 15 is 0 Å². The number of benzene rings is 1. The minimum atomic E-state index is -4.49. The molecule has 7 nitrogen and oxygen atoms in total. The van der Waals surface area contributed by atoms with Gasteiger partial charge < -0.3 is 14.8 Å². The van der Waals surface area contributed by atoms with Crippen molar-refractivity contribution in [1.29, 1.82) is 0 Å². The number of hydrogen-bond acceptors (Lipinski definition) is 5. The van der Waals surface area contributed by atoms with Gasteiger partial charge in [0.15, 0.2) is 23.0 Å². The monoisotopic (exact) mass is 380 g/mol. The fraction of sp³-hybridized carbons (Fsp3) is 0.235. The fourth-order valence-electron chi connectivity index (χ4n) is 2.47. The zero-order chi connectivity index (χ0) is 19.6. The number of ether oxygens (including phenoxy) is 2. The molecule has 0 aliphatic heterocycles. The van der Waals surface area contributed by atoms with Crippen molar-refractivity contribution >= 4 is 11.6 Å². The summed E-state index contributed by atoms with van der Waals surface area (Å²) in [6, 6.07) is 6.76. The van der Waals surface area contributed by atoms with Gasteiger partial charge in [-0.2, -0.15) is 13.2 Å². The molecule has 0 atom stereocenters. The summed E-state index contributed by atoms with van der Waals surface area (Å²) in [6.45, 7) is -0.102. The summed E-state index contributed by atoms with van der Waals surface area (Å²) in [6.07, 6.45) is -3.59. The van der Waals surface area contributed by atoms with Crippen molar-refractivity contribution in [1.82, 2.24) is 19.9 Å². The van der Waals surface area contributed by atoms with Gasteiger partial charge in [-0.25, -0.2) is 0 Å². The van der Waals surface area contributed by atoms with Crippen molar-refractivity contribution in [3.63, 3.8) is 0 Å². The molecule has 27 heavy (non-hydrogen) atoms. The number of aromatic nitrogens is 3. The van der Waals surface area contributed by atoms with E-state index in [2.05, 4.69) is 15.5 Å². The Balaban J connectivity index is 1.79. The van der Waals surface area contributed by atoms with Gasteiger partial charge in [0.1, 0.15) is 0 Å². The molecule has 0 fully saturated rings. The molecule has 0 aliphatic rings. The molecule has 0 radical (unpaired) electrons. The van der Waals surface area contributed by atoms with Crippen LogP contribution < -0.4 is 14.8 Å². The summed E-state index contributed by atoms with van der Waals surface area (Å²) < 4.78 is 50.1. The highest BCUT2D eigenvalue weighted by molar-refractivity contribution is 5.94. The van der Waals surface area contributed by atoms with Crippen LogP contribution in [0.15, 0.2) is 36.5 Å². The van der Waals surface area contributed by atoms with Gasteiger partial charge in [-0.3, -0.25) is 9.20 Å². The van der Waals surface area contributed by atoms with Gasteiger partial charge in [0, 0.05) is 11.8 Å². The second kappa shape index (κ2) is 7.14. The molecule has 0 unspecified atom stereocenters. The number of hydrogen-bond donors (Lipinski definition) is 1. The van der Waals surface area contributed by atoms with Crippen LogP contribution in [0.4, 0.5) is 13.2 Å². The number of pyridine rings is 1. The lowest BCUT2D eigenvalue weighted by atomic mass is 10.2. The minimum absolute atomic E-state index is 0.102. The maximum absolute atomic E-state index is 12.9. The molecule has 0 saturated carbocycles. The molecule has 1 N–H and O–H groups in total. The Labute approximate surface area is 151 Å². The third kappa shape index (κ3) is 3.78. The number of halogens is 3. The zero-order valence-electron chi connectivity index (χ0n) is 14.4. The molecule has 3 rings (SSSR count). The molecule has 0 saturated heterocycles. The minimum Gasteiger partial charge on any atom is -0.493 e. The van der Waals surface area contributed by atoms with Crippen LogP contribution in [0.5, 0.6) is 11.5 Å². The number of carbonyl (C=O) groups is 1. The van der Waals surface area contributed by atoms with E-state index in [1.54, 1.807) is 12.1 Å². The number of methoxy groups -OCH3 is 2. The number of carbonyl (C=O) groups excluding carboxylic acids is 1. The molecule has 142 valence electrons. The van der Waals surface area contributed by atoms with Gasteiger partial charge in [0.05, 0.1) is 26.3 Å². The number of fused-ring (bicyclic) bond motifs is 1. The second-order valence-electron chi connectivity index (χ2n) is 5.51. The quantitative estimate of drug-likeness (QED) is 0.737. The molecule has 10 heteroatoms. The third-order valence-corrected chi connectivity index (χ3v) is 3.85. The topological polar surface area (TPSA) is 77.8 Å². The summed E-state index contributed by atoms with van der Waals surface area (Å²) in [5.74, 6) is 0.578. The number of rotatable bonds is 5. The highest BCUT2D eigenvalue weighted by atomic mass is 19.4.